The molecule has 1 N–H and O–H groups in total. The lowest BCUT2D eigenvalue weighted by atomic mass is 10.0. The van der Waals surface area contributed by atoms with Crippen molar-refractivity contribution in [1.29, 1.82) is 0 Å². The summed E-state index contributed by atoms with van der Waals surface area (Å²) in [6.45, 7) is 2.08. The number of fused-ring (bicyclic) bond motifs is 2. The number of nitrogens with one attached hydrogen (secondary N) is 1. The molecule has 0 aliphatic carbocycles. The van der Waals surface area contributed by atoms with Gasteiger partial charge in [-0.1, -0.05) is 48.0 Å². The van der Waals surface area contributed by atoms with Crippen LogP contribution in [0, 0.1) is 6.92 Å². The zero-order valence-electron chi connectivity index (χ0n) is 18.3. The topological polar surface area (TPSA) is 86.2 Å². The van der Waals surface area contributed by atoms with Crippen molar-refractivity contribution in [1.82, 2.24) is 5.43 Å². The van der Waals surface area contributed by atoms with Gasteiger partial charge in [0.25, 0.3) is 5.91 Å². The number of amides is 1. The van der Waals surface area contributed by atoms with Crippen LogP contribution in [0.1, 0.15) is 31.8 Å². The maximum Gasteiger partial charge on any atom is 0.343 e. The highest BCUT2D eigenvalue weighted by atomic mass is 16.7. The second-order valence-electron chi connectivity index (χ2n) is 7.72. The molecule has 34 heavy (non-hydrogen) atoms. The molecule has 0 bridgehead atoms. The molecule has 1 heterocycles. The first-order valence-corrected chi connectivity index (χ1v) is 10.6. The fraction of sp³-hybridized carbons (Fsp3) is 0.0741. The van der Waals surface area contributed by atoms with Gasteiger partial charge in [-0.05, 0) is 54.1 Å². The Hall–Kier alpha value is -4.65. The summed E-state index contributed by atoms with van der Waals surface area (Å²) in [7, 11) is 0. The minimum Gasteiger partial charge on any atom is -0.454 e. The van der Waals surface area contributed by atoms with Crippen LogP contribution in [0.15, 0.2) is 84.0 Å². The lowest BCUT2D eigenvalue weighted by molar-refractivity contribution is 0.0734. The lowest BCUT2D eigenvalue weighted by Gasteiger charge is -2.11. The Morgan fingerprint density at radius 3 is 2.53 bits per heavy atom. The van der Waals surface area contributed by atoms with E-state index in [2.05, 4.69) is 10.5 Å². The molecule has 0 saturated carbocycles. The van der Waals surface area contributed by atoms with E-state index in [9.17, 15) is 9.59 Å². The predicted molar refractivity (Wildman–Crippen MR) is 128 cm³/mol. The molecule has 0 aromatic heterocycles. The van der Waals surface area contributed by atoms with E-state index in [0.717, 1.165) is 16.3 Å². The standard InChI is InChI=1S/C27H20N2O5/c1-17-6-8-19(9-7-17)27(31)34-23-12-10-18-4-2-3-5-21(18)22(23)15-28-29-26(30)20-11-13-24-25(14-20)33-16-32-24/h2-15H,16H2,1H3,(H,29,30)/b28-15+. The number of hydrazone groups is 1. The zero-order valence-corrected chi connectivity index (χ0v) is 18.3. The van der Waals surface area contributed by atoms with Crippen molar-refractivity contribution in [2.24, 2.45) is 5.10 Å². The van der Waals surface area contributed by atoms with Gasteiger partial charge in [-0.3, -0.25) is 4.79 Å². The van der Waals surface area contributed by atoms with Crippen molar-refractivity contribution < 1.29 is 23.8 Å². The molecule has 4 aromatic rings. The monoisotopic (exact) mass is 452 g/mol. The predicted octanol–water partition coefficient (Wildman–Crippen LogP) is 4.86. The van der Waals surface area contributed by atoms with Crippen LogP contribution in [-0.4, -0.2) is 24.9 Å². The molecule has 5 rings (SSSR count). The second-order valence-corrected chi connectivity index (χ2v) is 7.72. The van der Waals surface area contributed by atoms with Gasteiger partial charge in [0.15, 0.2) is 11.5 Å². The highest BCUT2D eigenvalue weighted by Gasteiger charge is 2.16. The Morgan fingerprint density at radius 1 is 0.912 bits per heavy atom. The van der Waals surface area contributed by atoms with E-state index in [1.807, 2.05) is 49.4 Å². The average Bonchev–Trinajstić information content (AvgIpc) is 3.33. The molecular formula is C27H20N2O5. The van der Waals surface area contributed by atoms with Gasteiger partial charge in [-0.2, -0.15) is 5.10 Å². The minimum atomic E-state index is -0.477. The van der Waals surface area contributed by atoms with E-state index >= 15 is 0 Å². The normalized spacial score (nSPS) is 12.1. The molecule has 7 nitrogen and oxygen atoms in total. The molecule has 1 amide bonds. The zero-order chi connectivity index (χ0) is 23.5. The summed E-state index contributed by atoms with van der Waals surface area (Å²) >= 11 is 0. The van der Waals surface area contributed by atoms with E-state index in [0.29, 0.717) is 33.9 Å². The molecule has 7 heteroatoms. The van der Waals surface area contributed by atoms with Gasteiger partial charge < -0.3 is 14.2 Å². The molecule has 0 spiro atoms. The fourth-order valence-corrected chi connectivity index (χ4v) is 3.60. The van der Waals surface area contributed by atoms with Crippen LogP contribution < -0.4 is 19.6 Å². The number of benzene rings is 4. The molecule has 1 aliphatic rings. The van der Waals surface area contributed by atoms with Gasteiger partial charge in [-0.15, -0.1) is 0 Å². The quantitative estimate of drug-likeness (QED) is 0.202. The number of esters is 1. The van der Waals surface area contributed by atoms with Gasteiger partial charge in [0, 0.05) is 11.1 Å². The lowest BCUT2D eigenvalue weighted by Crippen LogP contribution is -2.17. The Bertz CT molecular complexity index is 1430. The van der Waals surface area contributed by atoms with Gasteiger partial charge in [0.2, 0.25) is 6.79 Å². The van der Waals surface area contributed by atoms with Gasteiger partial charge in [-0.25, -0.2) is 10.2 Å². The van der Waals surface area contributed by atoms with Gasteiger partial charge >= 0.3 is 5.97 Å². The summed E-state index contributed by atoms with van der Waals surface area (Å²) < 4.78 is 16.3. The third-order valence-electron chi connectivity index (χ3n) is 5.42. The van der Waals surface area contributed by atoms with Crippen LogP contribution in [0.25, 0.3) is 10.8 Å². The maximum atomic E-state index is 12.7. The average molecular weight is 452 g/mol. The first kappa shape index (κ1) is 21.2. The molecule has 1 aliphatic heterocycles. The summed E-state index contributed by atoms with van der Waals surface area (Å²) in [5.41, 5.74) is 4.96. The van der Waals surface area contributed by atoms with E-state index < -0.39 is 11.9 Å². The largest absolute Gasteiger partial charge is 0.454 e. The SMILES string of the molecule is Cc1ccc(C(=O)Oc2ccc3ccccc3c2/C=N/NC(=O)c2ccc3c(c2)OCO3)cc1. The van der Waals surface area contributed by atoms with Crippen molar-refractivity contribution in [2.75, 3.05) is 6.79 Å². The number of rotatable bonds is 5. The van der Waals surface area contributed by atoms with E-state index in [4.69, 9.17) is 14.2 Å². The van der Waals surface area contributed by atoms with Crippen LogP contribution >= 0.6 is 0 Å². The molecule has 0 atom stereocenters. The third-order valence-corrected chi connectivity index (χ3v) is 5.42. The summed E-state index contributed by atoms with van der Waals surface area (Å²) in [5, 5.41) is 5.90. The molecule has 168 valence electrons. The van der Waals surface area contributed by atoms with Crippen LogP contribution in [0.3, 0.4) is 0 Å². The Labute approximate surface area is 195 Å². The number of ether oxygens (including phenoxy) is 3. The van der Waals surface area contributed by atoms with E-state index in [1.165, 1.54) is 6.21 Å². The molecule has 4 aromatic carbocycles. The van der Waals surface area contributed by atoms with E-state index in [-0.39, 0.29) is 6.79 Å². The van der Waals surface area contributed by atoms with Crippen molar-refractivity contribution in [3.63, 3.8) is 0 Å². The minimum absolute atomic E-state index is 0.129. The van der Waals surface area contributed by atoms with Crippen LogP contribution in [0.5, 0.6) is 17.2 Å². The van der Waals surface area contributed by atoms with Gasteiger partial charge in [0.1, 0.15) is 5.75 Å². The summed E-state index contributed by atoms with van der Waals surface area (Å²) in [6.07, 6.45) is 1.48. The van der Waals surface area contributed by atoms with Crippen LogP contribution in [-0.2, 0) is 0 Å². The van der Waals surface area contributed by atoms with Crippen LogP contribution in [0.2, 0.25) is 0 Å². The number of nitrogens with zero attached hydrogens (tertiary/aromatic N) is 1. The Balaban J connectivity index is 1.40. The molecule has 0 unspecified atom stereocenters. The molecule has 0 radical (unpaired) electrons. The first-order valence-electron chi connectivity index (χ1n) is 10.6. The Kier molecular flexibility index (Phi) is 5.66. The summed E-state index contributed by atoms with van der Waals surface area (Å²) in [4.78, 5) is 25.3. The summed E-state index contributed by atoms with van der Waals surface area (Å²) in [6, 6.07) is 23.3. The Morgan fingerprint density at radius 2 is 1.68 bits per heavy atom. The van der Waals surface area contributed by atoms with Crippen molar-refractivity contribution >= 4 is 28.9 Å². The highest BCUT2D eigenvalue weighted by Crippen LogP contribution is 2.32. The number of aryl methyl sites for hydroxylation is 1. The number of carbonyl (C=O) groups is 2. The number of hydrogen-bond acceptors (Lipinski definition) is 6. The first-order chi connectivity index (χ1) is 16.6. The molecular weight excluding hydrogens is 432 g/mol. The fourth-order valence-electron chi connectivity index (χ4n) is 3.60. The van der Waals surface area contributed by atoms with E-state index in [1.54, 1.807) is 36.4 Å². The van der Waals surface area contributed by atoms with Crippen molar-refractivity contribution in [3.8, 4) is 17.2 Å². The number of hydrogen-bond donors (Lipinski definition) is 1. The summed E-state index contributed by atoms with van der Waals surface area (Å²) in [5.74, 6) is 0.555. The smallest absolute Gasteiger partial charge is 0.343 e. The van der Waals surface area contributed by atoms with Crippen molar-refractivity contribution in [3.05, 3.63) is 101 Å². The molecule has 0 saturated heterocycles. The second kappa shape index (κ2) is 9.07. The maximum absolute atomic E-state index is 12.7. The van der Waals surface area contributed by atoms with Gasteiger partial charge in [0.05, 0.1) is 11.8 Å². The van der Waals surface area contributed by atoms with Crippen molar-refractivity contribution in [2.45, 2.75) is 6.92 Å². The number of carbonyl (C=O) groups excluding carboxylic acids is 2. The highest BCUT2D eigenvalue weighted by molar-refractivity contribution is 6.04. The van der Waals surface area contributed by atoms with Crippen LogP contribution in [0.4, 0.5) is 0 Å². The molecule has 0 fully saturated rings. The third kappa shape index (κ3) is 4.31.